The molecule has 2 amide bonds. The Morgan fingerprint density at radius 3 is 2.75 bits per heavy atom. The lowest BCUT2D eigenvalue weighted by Gasteiger charge is -2.22. The Kier molecular flexibility index (Phi) is 6.14. The van der Waals surface area contributed by atoms with Crippen molar-refractivity contribution < 1.29 is 14.3 Å². The van der Waals surface area contributed by atoms with E-state index in [0.29, 0.717) is 24.6 Å². The first kappa shape index (κ1) is 20.5. The summed E-state index contributed by atoms with van der Waals surface area (Å²) >= 11 is 1.48. The van der Waals surface area contributed by atoms with Crippen LogP contribution in [0.25, 0.3) is 0 Å². The molecule has 0 saturated carbocycles. The van der Waals surface area contributed by atoms with Gasteiger partial charge in [0.2, 0.25) is 5.91 Å². The molecule has 152 valence electrons. The summed E-state index contributed by atoms with van der Waals surface area (Å²) in [5.41, 5.74) is 0.0859. The summed E-state index contributed by atoms with van der Waals surface area (Å²) in [4.78, 5) is 31.1. The Bertz CT molecular complexity index is 795. The number of thiazole rings is 1. The minimum absolute atomic E-state index is 0.0156. The van der Waals surface area contributed by atoms with E-state index in [-0.39, 0.29) is 23.3 Å². The number of ether oxygens (including phenoxy) is 1. The van der Waals surface area contributed by atoms with Crippen LogP contribution in [-0.4, -0.2) is 54.3 Å². The molecule has 0 unspecified atom stereocenters. The molecule has 3 heterocycles. The third-order valence-electron chi connectivity index (χ3n) is 5.17. The number of likely N-dealkylation sites (tertiary alicyclic amines) is 1. The van der Waals surface area contributed by atoms with Crippen molar-refractivity contribution in [2.75, 3.05) is 26.8 Å². The Morgan fingerprint density at radius 1 is 1.43 bits per heavy atom. The van der Waals surface area contributed by atoms with Crippen LogP contribution in [0.15, 0.2) is 17.3 Å². The molecule has 9 heteroatoms. The summed E-state index contributed by atoms with van der Waals surface area (Å²) in [6, 6.07) is 0. The van der Waals surface area contributed by atoms with Gasteiger partial charge in [0.15, 0.2) is 5.84 Å². The van der Waals surface area contributed by atoms with Gasteiger partial charge in [-0.1, -0.05) is 13.8 Å². The standard InChI is InChI=1S/C19H27N5O3S/c1-19(2)6-7-24(18(19)26)15(20)13(10-21-3)22-16(25)14-11-28-17(23-14)12-4-8-27-9-5-12/h10-12,20-21H,4-9H2,1-3H3,(H,22,25)/b13-10+,20-15?. The van der Waals surface area contributed by atoms with Crippen LogP contribution in [0.3, 0.4) is 0 Å². The number of rotatable bonds is 5. The van der Waals surface area contributed by atoms with Gasteiger partial charge in [-0.3, -0.25) is 19.9 Å². The molecule has 1 aromatic rings. The highest BCUT2D eigenvalue weighted by Gasteiger charge is 2.41. The molecule has 0 radical (unpaired) electrons. The number of hydrogen-bond donors (Lipinski definition) is 3. The van der Waals surface area contributed by atoms with Crippen molar-refractivity contribution in [3.8, 4) is 0 Å². The van der Waals surface area contributed by atoms with E-state index in [1.54, 1.807) is 12.4 Å². The Balaban J connectivity index is 1.70. The SMILES string of the molecule is CN/C=C(/NC(=O)c1csc(C2CCOCC2)n1)C(=N)N1CCC(C)(C)C1=O. The largest absolute Gasteiger partial charge is 0.392 e. The third-order valence-corrected chi connectivity index (χ3v) is 6.18. The predicted octanol–water partition coefficient (Wildman–Crippen LogP) is 2.06. The lowest BCUT2D eigenvalue weighted by Crippen LogP contribution is -2.41. The Labute approximate surface area is 168 Å². The zero-order valence-electron chi connectivity index (χ0n) is 16.5. The summed E-state index contributed by atoms with van der Waals surface area (Å²) in [6.45, 7) is 5.65. The van der Waals surface area contributed by atoms with Crippen LogP contribution in [0.4, 0.5) is 0 Å². The van der Waals surface area contributed by atoms with Crippen LogP contribution in [0, 0.1) is 10.8 Å². The van der Waals surface area contributed by atoms with Crippen molar-refractivity contribution in [3.63, 3.8) is 0 Å². The van der Waals surface area contributed by atoms with Gasteiger partial charge < -0.3 is 15.4 Å². The highest BCUT2D eigenvalue weighted by molar-refractivity contribution is 7.09. The van der Waals surface area contributed by atoms with Gasteiger partial charge in [0.25, 0.3) is 5.91 Å². The van der Waals surface area contributed by atoms with Gasteiger partial charge in [-0.2, -0.15) is 0 Å². The zero-order chi connectivity index (χ0) is 20.3. The van der Waals surface area contributed by atoms with Gasteiger partial charge in [0, 0.05) is 49.7 Å². The van der Waals surface area contributed by atoms with Crippen LogP contribution in [-0.2, 0) is 9.53 Å². The van der Waals surface area contributed by atoms with Crippen molar-refractivity contribution in [1.82, 2.24) is 20.5 Å². The average molecular weight is 406 g/mol. The molecule has 2 aliphatic heterocycles. The number of carbonyl (C=O) groups is 2. The fourth-order valence-electron chi connectivity index (χ4n) is 3.34. The van der Waals surface area contributed by atoms with Gasteiger partial charge in [-0.25, -0.2) is 4.98 Å². The van der Waals surface area contributed by atoms with E-state index in [4.69, 9.17) is 10.1 Å². The van der Waals surface area contributed by atoms with Crippen LogP contribution in [0.2, 0.25) is 0 Å². The summed E-state index contributed by atoms with van der Waals surface area (Å²) < 4.78 is 5.38. The molecule has 0 aromatic carbocycles. The Hall–Kier alpha value is -2.26. The van der Waals surface area contributed by atoms with Crippen LogP contribution < -0.4 is 10.6 Å². The van der Waals surface area contributed by atoms with Crippen LogP contribution in [0.5, 0.6) is 0 Å². The lowest BCUT2D eigenvalue weighted by molar-refractivity contribution is -0.131. The Morgan fingerprint density at radius 2 is 2.14 bits per heavy atom. The number of amides is 2. The fraction of sp³-hybridized carbons (Fsp3) is 0.579. The van der Waals surface area contributed by atoms with Gasteiger partial charge >= 0.3 is 0 Å². The molecular formula is C19H27N5O3S. The number of nitrogens with zero attached hydrogens (tertiary/aromatic N) is 2. The second-order valence-corrected chi connectivity index (χ2v) is 8.59. The van der Waals surface area contributed by atoms with Gasteiger partial charge in [0.05, 0.1) is 10.7 Å². The molecule has 8 nitrogen and oxygen atoms in total. The van der Waals surface area contributed by atoms with Crippen molar-refractivity contribution >= 4 is 29.0 Å². The van der Waals surface area contributed by atoms with Crippen molar-refractivity contribution in [2.45, 2.75) is 39.0 Å². The highest BCUT2D eigenvalue weighted by atomic mass is 32.1. The first-order valence-electron chi connectivity index (χ1n) is 9.46. The molecule has 2 saturated heterocycles. The van der Waals surface area contributed by atoms with Crippen molar-refractivity contribution in [1.29, 1.82) is 5.41 Å². The molecule has 0 spiro atoms. The third kappa shape index (κ3) is 4.25. The molecule has 1 aromatic heterocycles. The molecule has 0 bridgehead atoms. The van der Waals surface area contributed by atoms with Crippen molar-refractivity contribution in [3.05, 3.63) is 28.0 Å². The number of amidine groups is 1. The number of nitrogens with one attached hydrogen (secondary N) is 3. The molecule has 0 atom stereocenters. The maximum absolute atomic E-state index is 12.7. The maximum Gasteiger partial charge on any atom is 0.275 e. The summed E-state index contributed by atoms with van der Waals surface area (Å²) in [6.07, 6.45) is 4.02. The maximum atomic E-state index is 12.7. The zero-order valence-corrected chi connectivity index (χ0v) is 17.3. The minimum atomic E-state index is -0.491. The summed E-state index contributed by atoms with van der Waals surface area (Å²) in [5, 5.41) is 16.7. The second kappa shape index (κ2) is 8.40. The van der Waals surface area contributed by atoms with E-state index in [1.165, 1.54) is 22.4 Å². The van der Waals surface area contributed by atoms with E-state index in [0.717, 1.165) is 31.1 Å². The first-order valence-corrected chi connectivity index (χ1v) is 10.3. The first-order chi connectivity index (χ1) is 13.3. The van der Waals surface area contributed by atoms with Gasteiger partial charge in [-0.05, 0) is 19.3 Å². The van der Waals surface area contributed by atoms with E-state index in [9.17, 15) is 9.59 Å². The molecule has 3 N–H and O–H groups in total. The highest BCUT2D eigenvalue weighted by Crippen LogP contribution is 2.31. The van der Waals surface area contributed by atoms with Crippen LogP contribution in [0.1, 0.15) is 54.5 Å². The molecule has 28 heavy (non-hydrogen) atoms. The van der Waals surface area contributed by atoms with Gasteiger partial charge in [-0.15, -0.1) is 11.3 Å². The van der Waals surface area contributed by atoms with E-state index in [2.05, 4.69) is 15.6 Å². The lowest BCUT2D eigenvalue weighted by atomic mass is 9.92. The average Bonchev–Trinajstić information content (AvgIpc) is 3.27. The van der Waals surface area contributed by atoms with Gasteiger partial charge in [0.1, 0.15) is 5.69 Å². The van der Waals surface area contributed by atoms with E-state index in [1.807, 2.05) is 13.8 Å². The van der Waals surface area contributed by atoms with Crippen LogP contribution >= 0.6 is 11.3 Å². The van der Waals surface area contributed by atoms with Crippen molar-refractivity contribution in [2.24, 2.45) is 5.41 Å². The quantitative estimate of drug-likeness (QED) is 0.513. The smallest absolute Gasteiger partial charge is 0.275 e. The molecule has 0 aliphatic carbocycles. The monoisotopic (exact) mass is 405 g/mol. The number of carbonyl (C=O) groups excluding carboxylic acids is 2. The molecule has 2 fully saturated rings. The molecule has 2 aliphatic rings. The molecular weight excluding hydrogens is 378 g/mol. The summed E-state index contributed by atoms with van der Waals surface area (Å²) in [7, 11) is 1.68. The van der Waals surface area contributed by atoms with E-state index >= 15 is 0 Å². The molecule has 3 rings (SSSR count). The second-order valence-electron chi connectivity index (χ2n) is 7.70. The fourth-order valence-corrected chi connectivity index (χ4v) is 4.31. The predicted molar refractivity (Wildman–Crippen MR) is 107 cm³/mol. The normalized spacial score (nSPS) is 20.3. The van der Waals surface area contributed by atoms with E-state index < -0.39 is 5.41 Å². The number of hydrogen-bond acceptors (Lipinski definition) is 7. The summed E-state index contributed by atoms with van der Waals surface area (Å²) in [5.74, 6) is -0.176. The number of aromatic nitrogens is 1. The minimum Gasteiger partial charge on any atom is -0.392 e. The topological polar surface area (TPSA) is 107 Å².